The molecule has 1 aromatic heterocycles. The molecule has 0 amide bonds. The number of pyridine rings is 1. The first-order chi connectivity index (χ1) is 10.1. The number of hydrogen-bond donors (Lipinski definition) is 1. The standard InChI is InChI=1S/C16H19F2N3/c1-21(9-6-12-4-7-20-8-5-12)16(11-19)14-10-13(17)2-3-15(14)18/h2-5,7-8,10,16H,6,9,11,19H2,1H3. The molecule has 2 rings (SSSR count). The number of likely N-dealkylation sites (N-methyl/N-ethyl adjacent to an activating group) is 1. The van der Waals surface area contributed by atoms with Gasteiger partial charge in [0.1, 0.15) is 11.6 Å². The minimum Gasteiger partial charge on any atom is -0.329 e. The number of nitrogens with zero attached hydrogens (tertiary/aromatic N) is 2. The zero-order valence-electron chi connectivity index (χ0n) is 12.0. The Labute approximate surface area is 123 Å². The molecular formula is C16H19F2N3. The summed E-state index contributed by atoms with van der Waals surface area (Å²) in [6.07, 6.45) is 4.27. The maximum atomic E-state index is 13.9. The fraction of sp³-hybridized carbons (Fsp3) is 0.312. The lowest BCUT2D eigenvalue weighted by molar-refractivity contribution is 0.247. The number of benzene rings is 1. The van der Waals surface area contributed by atoms with Gasteiger partial charge in [0, 0.05) is 37.1 Å². The van der Waals surface area contributed by atoms with Gasteiger partial charge in [0.25, 0.3) is 0 Å². The highest BCUT2D eigenvalue weighted by Gasteiger charge is 2.19. The molecule has 0 aliphatic heterocycles. The van der Waals surface area contributed by atoms with Gasteiger partial charge >= 0.3 is 0 Å². The smallest absolute Gasteiger partial charge is 0.128 e. The summed E-state index contributed by atoms with van der Waals surface area (Å²) in [5, 5.41) is 0. The number of hydrogen-bond acceptors (Lipinski definition) is 3. The Morgan fingerprint density at radius 2 is 1.90 bits per heavy atom. The van der Waals surface area contributed by atoms with Crippen molar-refractivity contribution in [1.29, 1.82) is 0 Å². The topological polar surface area (TPSA) is 42.2 Å². The fourth-order valence-electron chi connectivity index (χ4n) is 2.33. The molecule has 1 heterocycles. The van der Waals surface area contributed by atoms with Crippen LogP contribution in [0.25, 0.3) is 0 Å². The van der Waals surface area contributed by atoms with Gasteiger partial charge in [-0.05, 0) is 49.4 Å². The molecule has 0 aliphatic rings. The average molecular weight is 291 g/mol. The zero-order valence-corrected chi connectivity index (χ0v) is 12.0. The molecule has 2 N–H and O–H groups in total. The van der Waals surface area contributed by atoms with Crippen LogP contribution in [0.2, 0.25) is 0 Å². The molecule has 0 fully saturated rings. The molecule has 3 nitrogen and oxygen atoms in total. The summed E-state index contributed by atoms with van der Waals surface area (Å²) in [6, 6.07) is 7.01. The highest BCUT2D eigenvalue weighted by molar-refractivity contribution is 5.23. The van der Waals surface area contributed by atoms with Crippen LogP contribution in [0.15, 0.2) is 42.7 Å². The van der Waals surface area contributed by atoms with Gasteiger partial charge in [-0.1, -0.05) is 0 Å². The number of halogens is 2. The Bertz CT molecular complexity index is 575. The Balaban J connectivity index is 2.08. The molecule has 0 bridgehead atoms. The first kappa shape index (κ1) is 15.5. The SMILES string of the molecule is CN(CCc1ccncc1)C(CN)c1cc(F)ccc1F. The third-order valence-corrected chi connectivity index (χ3v) is 3.57. The molecule has 5 heteroatoms. The van der Waals surface area contributed by atoms with Crippen molar-refractivity contribution in [3.8, 4) is 0 Å². The van der Waals surface area contributed by atoms with E-state index in [-0.39, 0.29) is 12.6 Å². The molecular weight excluding hydrogens is 272 g/mol. The van der Waals surface area contributed by atoms with E-state index >= 15 is 0 Å². The van der Waals surface area contributed by atoms with Crippen molar-refractivity contribution in [2.45, 2.75) is 12.5 Å². The fourth-order valence-corrected chi connectivity index (χ4v) is 2.33. The summed E-state index contributed by atoms with van der Waals surface area (Å²) in [6.45, 7) is 0.926. The van der Waals surface area contributed by atoms with Crippen LogP contribution in [0.4, 0.5) is 8.78 Å². The number of aromatic nitrogens is 1. The van der Waals surface area contributed by atoms with Crippen LogP contribution in [0.5, 0.6) is 0 Å². The first-order valence-corrected chi connectivity index (χ1v) is 6.86. The molecule has 0 radical (unpaired) electrons. The van der Waals surface area contributed by atoms with Gasteiger partial charge in [-0.2, -0.15) is 0 Å². The van der Waals surface area contributed by atoms with E-state index in [9.17, 15) is 8.78 Å². The summed E-state index contributed by atoms with van der Waals surface area (Å²) in [7, 11) is 1.86. The maximum absolute atomic E-state index is 13.9. The lowest BCUT2D eigenvalue weighted by Crippen LogP contribution is -2.32. The van der Waals surface area contributed by atoms with Crippen molar-refractivity contribution in [2.75, 3.05) is 20.1 Å². The number of nitrogens with two attached hydrogens (primary N) is 1. The lowest BCUT2D eigenvalue weighted by atomic mass is 10.0. The Hall–Kier alpha value is -1.85. The highest BCUT2D eigenvalue weighted by Crippen LogP contribution is 2.22. The summed E-state index contributed by atoms with van der Waals surface area (Å²) in [5.41, 5.74) is 7.20. The van der Waals surface area contributed by atoms with Crippen molar-refractivity contribution in [2.24, 2.45) is 5.73 Å². The molecule has 0 spiro atoms. The molecule has 2 aromatic rings. The Kier molecular flexibility index (Phi) is 5.36. The van der Waals surface area contributed by atoms with Crippen molar-refractivity contribution in [1.82, 2.24) is 9.88 Å². The third kappa shape index (κ3) is 4.06. The summed E-state index contributed by atoms with van der Waals surface area (Å²) in [4.78, 5) is 5.91. The van der Waals surface area contributed by atoms with Crippen LogP contribution in [-0.2, 0) is 6.42 Å². The third-order valence-electron chi connectivity index (χ3n) is 3.57. The Morgan fingerprint density at radius 3 is 2.57 bits per heavy atom. The zero-order chi connectivity index (χ0) is 15.2. The minimum atomic E-state index is -0.451. The second-order valence-electron chi connectivity index (χ2n) is 5.00. The van der Waals surface area contributed by atoms with E-state index in [0.29, 0.717) is 12.1 Å². The van der Waals surface area contributed by atoms with Gasteiger partial charge in [-0.25, -0.2) is 8.78 Å². The van der Waals surface area contributed by atoms with E-state index in [1.807, 2.05) is 24.1 Å². The molecule has 0 saturated carbocycles. The monoisotopic (exact) mass is 291 g/mol. The van der Waals surface area contributed by atoms with Crippen molar-refractivity contribution in [3.63, 3.8) is 0 Å². The quantitative estimate of drug-likeness (QED) is 0.889. The van der Waals surface area contributed by atoms with Gasteiger partial charge < -0.3 is 5.73 Å². The van der Waals surface area contributed by atoms with Crippen LogP contribution >= 0.6 is 0 Å². The molecule has 1 atom stereocenters. The van der Waals surface area contributed by atoms with Crippen LogP contribution in [0, 0.1) is 11.6 Å². The summed E-state index contributed by atoms with van der Waals surface area (Å²) in [5.74, 6) is -0.880. The maximum Gasteiger partial charge on any atom is 0.128 e. The molecule has 1 unspecified atom stereocenters. The van der Waals surface area contributed by atoms with Crippen molar-refractivity contribution >= 4 is 0 Å². The Morgan fingerprint density at radius 1 is 1.19 bits per heavy atom. The van der Waals surface area contributed by atoms with Crippen LogP contribution in [0.3, 0.4) is 0 Å². The second-order valence-corrected chi connectivity index (χ2v) is 5.00. The molecule has 0 saturated heterocycles. The largest absolute Gasteiger partial charge is 0.329 e. The average Bonchev–Trinajstić information content (AvgIpc) is 2.50. The van der Waals surface area contributed by atoms with Crippen LogP contribution < -0.4 is 5.73 Å². The molecule has 21 heavy (non-hydrogen) atoms. The lowest BCUT2D eigenvalue weighted by Gasteiger charge is -2.27. The van der Waals surface area contributed by atoms with Crippen molar-refractivity contribution in [3.05, 3.63) is 65.5 Å². The molecule has 112 valence electrons. The van der Waals surface area contributed by atoms with E-state index < -0.39 is 11.6 Å². The predicted molar refractivity (Wildman–Crippen MR) is 78.7 cm³/mol. The van der Waals surface area contributed by atoms with Crippen LogP contribution in [-0.4, -0.2) is 30.0 Å². The normalized spacial score (nSPS) is 12.6. The van der Waals surface area contributed by atoms with Gasteiger partial charge in [0.05, 0.1) is 0 Å². The summed E-state index contributed by atoms with van der Waals surface area (Å²) >= 11 is 0. The summed E-state index contributed by atoms with van der Waals surface area (Å²) < 4.78 is 27.2. The van der Waals surface area contributed by atoms with Crippen molar-refractivity contribution < 1.29 is 8.78 Å². The second kappa shape index (κ2) is 7.24. The van der Waals surface area contributed by atoms with Crippen LogP contribution in [0.1, 0.15) is 17.2 Å². The van der Waals surface area contributed by atoms with Gasteiger partial charge in [-0.15, -0.1) is 0 Å². The van der Waals surface area contributed by atoms with Gasteiger partial charge in [0.2, 0.25) is 0 Å². The van der Waals surface area contributed by atoms with E-state index in [0.717, 1.165) is 24.1 Å². The predicted octanol–water partition coefficient (Wildman–Crippen LogP) is 2.53. The number of rotatable bonds is 6. The van der Waals surface area contributed by atoms with Gasteiger partial charge in [0.15, 0.2) is 0 Å². The minimum absolute atomic E-state index is 0.229. The first-order valence-electron chi connectivity index (χ1n) is 6.86. The van der Waals surface area contributed by atoms with E-state index in [4.69, 9.17) is 5.73 Å². The highest BCUT2D eigenvalue weighted by atomic mass is 19.1. The van der Waals surface area contributed by atoms with Gasteiger partial charge in [-0.3, -0.25) is 9.88 Å². The van der Waals surface area contributed by atoms with E-state index in [1.54, 1.807) is 12.4 Å². The molecule has 1 aromatic carbocycles. The van der Waals surface area contributed by atoms with E-state index in [2.05, 4.69) is 4.98 Å². The molecule has 0 aliphatic carbocycles. The van der Waals surface area contributed by atoms with E-state index in [1.165, 1.54) is 6.07 Å².